The molecule has 5 aromatic rings. The first-order valence-corrected chi connectivity index (χ1v) is 16.4. The van der Waals surface area contributed by atoms with E-state index in [9.17, 15) is 19.5 Å². The van der Waals surface area contributed by atoms with Gasteiger partial charge in [-0.1, -0.05) is 96.5 Å². The Morgan fingerprint density at radius 3 is 2.04 bits per heavy atom. The lowest BCUT2D eigenvalue weighted by Gasteiger charge is -2.25. The molecule has 1 aliphatic heterocycles. The van der Waals surface area contributed by atoms with E-state index in [1.54, 1.807) is 41.3 Å². The molecule has 1 amide bonds. The molecule has 0 saturated carbocycles. The Kier molecular flexibility index (Phi) is 10.2. The molecule has 0 radical (unpaired) electrons. The number of phenols is 1. The second-order valence-electron chi connectivity index (χ2n) is 12.0. The smallest absolute Gasteiger partial charge is 0.252 e. The molecule has 0 bridgehead atoms. The van der Waals surface area contributed by atoms with Crippen LogP contribution in [0.4, 0.5) is 5.69 Å². The average molecular weight is 655 g/mol. The lowest BCUT2D eigenvalue weighted by molar-refractivity contribution is -0.125. The van der Waals surface area contributed by atoms with Gasteiger partial charge in [-0.2, -0.15) is 0 Å². The maximum absolute atomic E-state index is 14.4. The number of Topliss-reactive ketones (excluding diaryl/α,β-unsaturated/α-hetero) is 2. The Morgan fingerprint density at radius 2 is 1.33 bits per heavy atom. The fraction of sp³-hybridized carbons (Fsp3) is 0.171. The summed E-state index contributed by atoms with van der Waals surface area (Å²) in [6, 6.07) is 38.6. The number of halogens is 1. The monoisotopic (exact) mass is 654 g/mol. The molecule has 1 unspecified atom stereocenters. The number of anilines is 1. The predicted molar refractivity (Wildman–Crippen MR) is 191 cm³/mol. The van der Waals surface area contributed by atoms with Gasteiger partial charge in [-0.15, -0.1) is 0 Å². The van der Waals surface area contributed by atoms with Crippen LogP contribution < -0.4 is 4.90 Å². The van der Waals surface area contributed by atoms with E-state index in [1.807, 2.05) is 78.9 Å². The molecule has 5 aromatic carbocycles. The van der Waals surface area contributed by atoms with E-state index in [2.05, 4.69) is 12.1 Å². The summed E-state index contributed by atoms with van der Waals surface area (Å²) in [5.41, 5.74) is 6.51. The fourth-order valence-electron chi connectivity index (χ4n) is 5.99. The molecule has 1 atom stereocenters. The molecule has 7 heteroatoms. The third-order valence-corrected chi connectivity index (χ3v) is 8.69. The van der Waals surface area contributed by atoms with Crippen molar-refractivity contribution in [1.29, 1.82) is 0 Å². The summed E-state index contributed by atoms with van der Waals surface area (Å²) < 4.78 is 0. The van der Waals surface area contributed by atoms with E-state index >= 15 is 0 Å². The summed E-state index contributed by atoms with van der Waals surface area (Å²) in [6.07, 6.45) is 1.11. The van der Waals surface area contributed by atoms with Gasteiger partial charge < -0.3 is 10.0 Å². The van der Waals surface area contributed by atoms with Crippen LogP contribution in [0.25, 0.3) is 11.1 Å². The number of amides is 1. The zero-order valence-electron chi connectivity index (χ0n) is 26.4. The van der Waals surface area contributed by atoms with E-state index in [0.29, 0.717) is 40.4 Å². The second kappa shape index (κ2) is 15.1. The fourth-order valence-corrected chi connectivity index (χ4v) is 6.16. The standard InChI is InChI=1S/C41H35ClN2O4/c42-33-20-23-39-37(25-33)40(32-18-21-34(45)22-19-32)43-38(26-36(47)13-7-12-35(46)24-28-8-3-1-4-9-28)41(48)44(39)27-29-14-16-31(17-15-29)30-10-5-2-6-11-30/h1-6,8-11,14-23,25,38,45H,7,12-13,24,26-27H2. The number of carbonyl (C=O) groups excluding carboxylic acids is 3. The maximum atomic E-state index is 14.4. The summed E-state index contributed by atoms with van der Waals surface area (Å²) in [5, 5.41) is 10.5. The zero-order chi connectivity index (χ0) is 33.5. The minimum absolute atomic E-state index is 0.0731. The number of carbonyl (C=O) groups is 3. The molecule has 0 fully saturated rings. The average Bonchev–Trinajstić information content (AvgIpc) is 3.20. The molecule has 0 aliphatic carbocycles. The molecule has 0 spiro atoms. The van der Waals surface area contributed by atoms with Crippen molar-refractivity contribution in [1.82, 2.24) is 0 Å². The maximum Gasteiger partial charge on any atom is 0.252 e. The van der Waals surface area contributed by atoms with Crippen LogP contribution in [0.3, 0.4) is 0 Å². The van der Waals surface area contributed by atoms with Crippen molar-refractivity contribution >= 4 is 40.5 Å². The Morgan fingerprint density at radius 1 is 0.708 bits per heavy atom. The number of benzodiazepines with no additional fused rings is 1. The SMILES string of the molecule is O=C(CCCC(=O)CC1N=C(c2ccc(O)cc2)c2cc(Cl)ccc2N(Cc2ccc(-c3ccccc3)cc2)C1=O)Cc1ccccc1. The van der Waals surface area contributed by atoms with Crippen LogP contribution in [-0.4, -0.2) is 34.3 Å². The topological polar surface area (TPSA) is 87.0 Å². The van der Waals surface area contributed by atoms with Crippen molar-refractivity contribution < 1.29 is 19.5 Å². The Hall–Kier alpha value is -5.33. The number of ketones is 2. The number of aliphatic imine (C=N–C) groups is 1. The van der Waals surface area contributed by atoms with Crippen molar-refractivity contribution in [3.8, 4) is 16.9 Å². The van der Waals surface area contributed by atoms with Gasteiger partial charge in [0.05, 0.1) is 17.9 Å². The number of rotatable bonds is 12. The number of hydrogen-bond donors (Lipinski definition) is 1. The number of benzene rings is 5. The first-order chi connectivity index (χ1) is 23.3. The molecular weight excluding hydrogens is 620 g/mol. The molecule has 0 saturated heterocycles. The van der Waals surface area contributed by atoms with Gasteiger partial charge in [0.25, 0.3) is 5.91 Å². The molecule has 1 heterocycles. The van der Waals surface area contributed by atoms with Crippen LogP contribution in [0.1, 0.15) is 47.9 Å². The Labute approximate surface area is 285 Å². The van der Waals surface area contributed by atoms with Crippen molar-refractivity contribution in [2.45, 2.75) is 44.7 Å². The number of phenolic OH excluding ortho intramolecular Hbond substituents is 1. The van der Waals surface area contributed by atoms with Gasteiger partial charge in [-0.05, 0) is 71.1 Å². The number of hydrogen-bond acceptors (Lipinski definition) is 5. The molecule has 6 rings (SSSR count). The van der Waals surface area contributed by atoms with Gasteiger partial charge >= 0.3 is 0 Å². The van der Waals surface area contributed by atoms with Crippen molar-refractivity contribution in [3.05, 3.63) is 155 Å². The van der Waals surface area contributed by atoms with Gasteiger partial charge in [-0.25, -0.2) is 0 Å². The van der Waals surface area contributed by atoms with E-state index < -0.39 is 6.04 Å². The normalized spacial score (nSPS) is 14.2. The third-order valence-electron chi connectivity index (χ3n) is 8.46. The second-order valence-corrected chi connectivity index (χ2v) is 12.4. The molecule has 48 heavy (non-hydrogen) atoms. The van der Waals surface area contributed by atoms with E-state index in [4.69, 9.17) is 16.6 Å². The lowest BCUT2D eigenvalue weighted by Crippen LogP contribution is -2.38. The largest absolute Gasteiger partial charge is 0.508 e. The molecule has 240 valence electrons. The molecule has 6 nitrogen and oxygen atoms in total. The van der Waals surface area contributed by atoms with Gasteiger partial charge in [0.1, 0.15) is 23.4 Å². The number of aromatic hydroxyl groups is 1. The van der Waals surface area contributed by atoms with Crippen LogP contribution in [0, 0.1) is 0 Å². The Bertz CT molecular complexity index is 1940. The minimum atomic E-state index is -0.990. The Balaban J connectivity index is 1.27. The quantitative estimate of drug-likeness (QED) is 0.146. The lowest BCUT2D eigenvalue weighted by atomic mass is 9.99. The summed E-state index contributed by atoms with van der Waals surface area (Å²) in [4.78, 5) is 46.9. The summed E-state index contributed by atoms with van der Waals surface area (Å²) in [7, 11) is 0. The van der Waals surface area contributed by atoms with Crippen molar-refractivity contribution in [3.63, 3.8) is 0 Å². The van der Waals surface area contributed by atoms with Crippen LogP contribution >= 0.6 is 11.6 Å². The van der Waals surface area contributed by atoms with Gasteiger partial charge in [-0.3, -0.25) is 19.4 Å². The highest BCUT2D eigenvalue weighted by atomic mass is 35.5. The highest BCUT2D eigenvalue weighted by Gasteiger charge is 2.33. The van der Waals surface area contributed by atoms with E-state index in [-0.39, 0.29) is 49.0 Å². The third kappa shape index (κ3) is 7.96. The van der Waals surface area contributed by atoms with Crippen LogP contribution in [0.15, 0.2) is 132 Å². The van der Waals surface area contributed by atoms with E-state index in [1.165, 1.54) is 0 Å². The van der Waals surface area contributed by atoms with E-state index in [0.717, 1.165) is 22.3 Å². The first kappa shape index (κ1) is 32.6. The molecule has 1 aliphatic rings. The van der Waals surface area contributed by atoms with Crippen molar-refractivity contribution in [2.75, 3.05) is 4.90 Å². The van der Waals surface area contributed by atoms with Crippen molar-refractivity contribution in [2.24, 2.45) is 4.99 Å². The van der Waals surface area contributed by atoms with Crippen LogP contribution in [0.2, 0.25) is 5.02 Å². The van der Waals surface area contributed by atoms with Crippen LogP contribution in [-0.2, 0) is 27.3 Å². The summed E-state index contributed by atoms with van der Waals surface area (Å²) >= 11 is 6.50. The van der Waals surface area contributed by atoms with Gasteiger partial charge in [0.15, 0.2) is 0 Å². The van der Waals surface area contributed by atoms with Crippen LogP contribution in [0.5, 0.6) is 5.75 Å². The first-order valence-electron chi connectivity index (χ1n) is 16.0. The number of nitrogens with zero attached hydrogens (tertiary/aromatic N) is 2. The predicted octanol–water partition coefficient (Wildman–Crippen LogP) is 8.41. The van der Waals surface area contributed by atoms with Gasteiger partial charge in [0.2, 0.25) is 0 Å². The summed E-state index contributed by atoms with van der Waals surface area (Å²) in [5.74, 6) is -0.257. The highest BCUT2D eigenvalue weighted by molar-refractivity contribution is 6.32. The minimum Gasteiger partial charge on any atom is -0.508 e. The highest BCUT2D eigenvalue weighted by Crippen LogP contribution is 2.33. The molecule has 0 aromatic heterocycles. The molecule has 1 N–H and O–H groups in total. The molecular formula is C41H35ClN2O4. The zero-order valence-corrected chi connectivity index (χ0v) is 27.1. The summed E-state index contributed by atoms with van der Waals surface area (Å²) in [6.45, 7) is 0.263. The van der Waals surface area contributed by atoms with Gasteiger partial charge in [0, 0.05) is 41.8 Å². The number of fused-ring (bicyclic) bond motifs is 1.